The van der Waals surface area contributed by atoms with Gasteiger partial charge in [-0.3, -0.25) is 14.6 Å². The van der Waals surface area contributed by atoms with Crippen LogP contribution in [0, 0.1) is 6.92 Å². The van der Waals surface area contributed by atoms with Crippen molar-refractivity contribution in [3.63, 3.8) is 0 Å². The molecule has 3 aromatic rings. The van der Waals surface area contributed by atoms with E-state index in [1.165, 1.54) is 10.6 Å². The molecule has 1 amide bonds. The highest BCUT2D eigenvalue weighted by atomic mass is 16.1. The van der Waals surface area contributed by atoms with Crippen LogP contribution in [0.2, 0.25) is 0 Å². The highest BCUT2D eigenvalue weighted by Crippen LogP contribution is 2.18. The maximum absolute atomic E-state index is 11.4. The van der Waals surface area contributed by atoms with E-state index in [4.69, 9.17) is 5.73 Å². The Balaban J connectivity index is 2.20. The van der Waals surface area contributed by atoms with Gasteiger partial charge in [0.25, 0.3) is 5.91 Å². The molecule has 21 heavy (non-hydrogen) atoms. The SMILES string of the molecule is Cc1c(C(N)=O)nc2cnc(-c3ccc(=O)n(C)c3)cn12. The Morgan fingerprint density at radius 3 is 2.71 bits per heavy atom. The Bertz CT molecular complexity index is 923. The van der Waals surface area contributed by atoms with Crippen molar-refractivity contribution in [3.05, 3.63) is 52.5 Å². The van der Waals surface area contributed by atoms with E-state index in [0.29, 0.717) is 17.0 Å². The lowest BCUT2D eigenvalue weighted by atomic mass is 10.2. The normalized spacial score (nSPS) is 11.0. The van der Waals surface area contributed by atoms with Gasteiger partial charge in [-0.2, -0.15) is 0 Å². The molecule has 0 radical (unpaired) electrons. The zero-order valence-electron chi connectivity index (χ0n) is 11.6. The van der Waals surface area contributed by atoms with Crippen LogP contribution in [0.5, 0.6) is 0 Å². The molecule has 3 rings (SSSR count). The number of hydrogen-bond acceptors (Lipinski definition) is 4. The van der Waals surface area contributed by atoms with Crippen molar-refractivity contribution >= 4 is 11.6 Å². The van der Waals surface area contributed by atoms with Crippen molar-refractivity contribution in [3.8, 4) is 11.3 Å². The summed E-state index contributed by atoms with van der Waals surface area (Å²) in [5.74, 6) is -0.570. The van der Waals surface area contributed by atoms with E-state index >= 15 is 0 Å². The molecule has 3 aromatic heterocycles. The minimum absolute atomic E-state index is 0.0883. The highest BCUT2D eigenvalue weighted by Gasteiger charge is 2.14. The second kappa shape index (κ2) is 4.55. The zero-order valence-corrected chi connectivity index (χ0v) is 11.6. The number of carbonyl (C=O) groups excluding carboxylic acids is 1. The smallest absolute Gasteiger partial charge is 0.269 e. The van der Waals surface area contributed by atoms with Crippen molar-refractivity contribution in [2.24, 2.45) is 12.8 Å². The first-order chi connectivity index (χ1) is 9.97. The van der Waals surface area contributed by atoms with Gasteiger partial charge in [0.2, 0.25) is 5.56 Å². The summed E-state index contributed by atoms with van der Waals surface area (Å²) in [5, 5.41) is 0. The summed E-state index contributed by atoms with van der Waals surface area (Å²) in [6, 6.07) is 3.19. The van der Waals surface area contributed by atoms with Crippen LogP contribution in [-0.4, -0.2) is 24.8 Å². The molecule has 0 aromatic carbocycles. The number of imidazole rings is 1. The van der Waals surface area contributed by atoms with Gasteiger partial charge < -0.3 is 14.7 Å². The van der Waals surface area contributed by atoms with E-state index in [-0.39, 0.29) is 11.3 Å². The Morgan fingerprint density at radius 1 is 1.29 bits per heavy atom. The molecule has 0 saturated carbocycles. The van der Waals surface area contributed by atoms with Gasteiger partial charge in [0.05, 0.1) is 17.6 Å². The van der Waals surface area contributed by atoms with Gasteiger partial charge in [0.15, 0.2) is 5.65 Å². The molecule has 0 saturated heterocycles. The van der Waals surface area contributed by atoms with Crippen LogP contribution >= 0.6 is 0 Å². The summed E-state index contributed by atoms with van der Waals surface area (Å²) in [7, 11) is 1.68. The first-order valence-corrected chi connectivity index (χ1v) is 6.29. The summed E-state index contributed by atoms with van der Waals surface area (Å²) in [4.78, 5) is 31.2. The molecule has 0 atom stereocenters. The first kappa shape index (κ1) is 13.0. The van der Waals surface area contributed by atoms with E-state index in [0.717, 1.165) is 5.56 Å². The number of nitrogens with zero attached hydrogens (tertiary/aromatic N) is 4. The molecule has 0 aliphatic rings. The van der Waals surface area contributed by atoms with Gasteiger partial charge in [-0.05, 0) is 13.0 Å². The fourth-order valence-electron chi connectivity index (χ4n) is 2.20. The number of rotatable bonds is 2. The molecular weight excluding hydrogens is 270 g/mol. The summed E-state index contributed by atoms with van der Waals surface area (Å²) in [5.41, 5.74) is 8.12. The predicted octanol–water partition coefficient (Wildman–Crippen LogP) is 0.502. The zero-order chi connectivity index (χ0) is 15.1. The van der Waals surface area contributed by atoms with Crippen LogP contribution in [0.4, 0.5) is 0 Å². The second-order valence-electron chi connectivity index (χ2n) is 4.78. The fourth-order valence-corrected chi connectivity index (χ4v) is 2.20. The molecular formula is C14H13N5O2. The highest BCUT2D eigenvalue weighted by molar-refractivity contribution is 5.92. The first-order valence-electron chi connectivity index (χ1n) is 6.29. The molecule has 106 valence electrons. The molecule has 0 fully saturated rings. The van der Waals surface area contributed by atoms with Gasteiger partial charge >= 0.3 is 0 Å². The average molecular weight is 283 g/mol. The fraction of sp³-hybridized carbons (Fsp3) is 0.143. The molecule has 0 unspecified atom stereocenters. The molecule has 0 aliphatic heterocycles. The van der Waals surface area contributed by atoms with Gasteiger partial charge in [-0.15, -0.1) is 0 Å². The van der Waals surface area contributed by atoms with Gasteiger partial charge in [0.1, 0.15) is 5.69 Å². The number of aromatic nitrogens is 4. The van der Waals surface area contributed by atoms with Crippen LogP contribution in [-0.2, 0) is 7.05 Å². The third-order valence-electron chi connectivity index (χ3n) is 3.36. The van der Waals surface area contributed by atoms with E-state index in [1.54, 1.807) is 43.0 Å². The number of amides is 1. The van der Waals surface area contributed by atoms with Crippen LogP contribution in [0.25, 0.3) is 16.9 Å². The van der Waals surface area contributed by atoms with Crippen molar-refractivity contribution < 1.29 is 4.79 Å². The maximum Gasteiger partial charge on any atom is 0.269 e. The van der Waals surface area contributed by atoms with E-state index in [1.807, 2.05) is 0 Å². The lowest BCUT2D eigenvalue weighted by Crippen LogP contribution is -2.14. The lowest BCUT2D eigenvalue weighted by molar-refractivity contribution is 0.0995. The summed E-state index contributed by atoms with van der Waals surface area (Å²) in [6.45, 7) is 1.77. The number of primary amides is 1. The largest absolute Gasteiger partial charge is 0.364 e. The van der Waals surface area contributed by atoms with E-state index in [2.05, 4.69) is 9.97 Å². The second-order valence-corrected chi connectivity index (χ2v) is 4.78. The molecule has 7 nitrogen and oxygen atoms in total. The Hall–Kier alpha value is -2.96. The number of fused-ring (bicyclic) bond motifs is 1. The minimum atomic E-state index is -0.570. The summed E-state index contributed by atoms with van der Waals surface area (Å²) < 4.78 is 3.24. The number of pyridine rings is 1. The lowest BCUT2D eigenvalue weighted by Gasteiger charge is -2.04. The third kappa shape index (κ3) is 2.08. The molecule has 0 aliphatic carbocycles. The van der Waals surface area contributed by atoms with Crippen LogP contribution in [0.3, 0.4) is 0 Å². The van der Waals surface area contributed by atoms with Crippen LogP contribution in [0.1, 0.15) is 16.2 Å². The molecule has 0 spiro atoms. The number of hydrogen-bond donors (Lipinski definition) is 1. The molecule has 0 bridgehead atoms. The number of carbonyl (C=O) groups is 1. The third-order valence-corrected chi connectivity index (χ3v) is 3.36. The number of aryl methyl sites for hydroxylation is 2. The van der Waals surface area contributed by atoms with Gasteiger partial charge in [0, 0.05) is 31.1 Å². The molecule has 7 heteroatoms. The topological polar surface area (TPSA) is 95.3 Å². The standard InChI is InChI=1S/C14H13N5O2/c1-8-13(14(15)21)17-11-5-16-10(7-19(8)11)9-3-4-12(20)18(2)6-9/h3-7H,1-2H3,(H2,15,21). The van der Waals surface area contributed by atoms with Crippen molar-refractivity contribution in [1.82, 2.24) is 18.9 Å². The molecule has 3 heterocycles. The maximum atomic E-state index is 11.4. The van der Waals surface area contributed by atoms with Gasteiger partial charge in [-0.1, -0.05) is 0 Å². The predicted molar refractivity (Wildman–Crippen MR) is 76.9 cm³/mol. The van der Waals surface area contributed by atoms with Crippen LogP contribution < -0.4 is 11.3 Å². The van der Waals surface area contributed by atoms with E-state index < -0.39 is 5.91 Å². The Kier molecular flexibility index (Phi) is 2.83. The minimum Gasteiger partial charge on any atom is -0.364 e. The quantitative estimate of drug-likeness (QED) is 0.741. The Labute approximate surface area is 119 Å². The summed E-state index contributed by atoms with van der Waals surface area (Å²) in [6.07, 6.45) is 5.04. The molecule has 2 N–H and O–H groups in total. The van der Waals surface area contributed by atoms with E-state index in [9.17, 15) is 9.59 Å². The summed E-state index contributed by atoms with van der Waals surface area (Å²) >= 11 is 0. The van der Waals surface area contributed by atoms with Crippen LogP contribution in [0.15, 0.2) is 35.5 Å². The monoisotopic (exact) mass is 283 g/mol. The average Bonchev–Trinajstić information content (AvgIpc) is 2.79. The van der Waals surface area contributed by atoms with Gasteiger partial charge in [-0.25, -0.2) is 4.98 Å². The van der Waals surface area contributed by atoms with Crippen molar-refractivity contribution in [1.29, 1.82) is 0 Å². The van der Waals surface area contributed by atoms with Crippen molar-refractivity contribution in [2.45, 2.75) is 6.92 Å². The Morgan fingerprint density at radius 2 is 2.05 bits per heavy atom. The number of nitrogens with two attached hydrogens (primary N) is 1. The van der Waals surface area contributed by atoms with Crippen molar-refractivity contribution in [2.75, 3.05) is 0 Å².